The predicted octanol–water partition coefficient (Wildman–Crippen LogP) is 3.16. The van der Waals surface area contributed by atoms with E-state index in [9.17, 15) is 4.39 Å². The lowest BCUT2D eigenvalue weighted by Gasteiger charge is -2.18. The van der Waals surface area contributed by atoms with Gasteiger partial charge < -0.3 is 14.6 Å². The van der Waals surface area contributed by atoms with Crippen molar-refractivity contribution < 1.29 is 8.81 Å². The number of nitrogens with zero attached hydrogens (tertiary/aromatic N) is 1. The van der Waals surface area contributed by atoms with Gasteiger partial charge in [-0.3, -0.25) is 0 Å². The van der Waals surface area contributed by atoms with Gasteiger partial charge in [0, 0.05) is 19.2 Å². The van der Waals surface area contributed by atoms with Gasteiger partial charge in [-0.1, -0.05) is 19.1 Å². The summed E-state index contributed by atoms with van der Waals surface area (Å²) in [4.78, 5) is 1.84. The van der Waals surface area contributed by atoms with Gasteiger partial charge in [-0.05, 0) is 24.7 Å². The number of benzene rings is 1. The minimum Gasteiger partial charge on any atom is -0.467 e. The lowest BCUT2D eigenvalue weighted by molar-refractivity contribution is 0.503. The zero-order chi connectivity index (χ0) is 13.7. The number of para-hydroxylation sites is 1. The molecule has 0 aliphatic heterocycles. The van der Waals surface area contributed by atoms with Crippen LogP contribution < -0.4 is 10.2 Å². The largest absolute Gasteiger partial charge is 0.467 e. The molecule has 2 rings (SSSR count). The Morgan fingerprint density at radius 3 is 2.84 bits per heavy atom. The number of hydrogen-bond donors (Lipinski definition) is 1. The fraction of sp³-hybridized carbons (Fsp3) is 0.333. The van der Waals surface area contributed by atoms with Gasteiger partial charge in [0.25, 0.3) is 0 Å². The van der Waals surface area contributed by atoms with Gasteiger partial charge in [0.2, 0.25) is 0 Å². The van der Waals surface area contributed by atoms with Crippen LogP contribution in [0.3, 0.4) is 0 Å². The Morgan fingerprint density at radius 2 is 2.11 bits per heavy atom. The standard InChI is InChI=1S/C15H19FN2O/c1-3-17-9-12-8-13(19-11-12)10-18(2)15-7-5-4-6-14(15)16/h4-8,11,17H,3,9-10H2,1-2H3. The van der Waals surface area contributed by atoms with Crippen LogP contribution >= 0.6 is 0 Å². The maximum absolute atomic E-state index is 13.6. The van der Waals surface area contributed by atoms with Gasteiger partial charge in [-0.2, -0.15) is 0 Å². The van der Waals surface area contributed by atoms with Gasteiger partial charge in [0.15, 0.2) is 0 Å². The molecule has 102 valence electrons. The molecule has 1 aromatic heterocycles. The number of rotatable bonds is 6. The molecule has 1 heterocycles. The summed E-state index contributed by atoms with van der Waals surface area (Å²) in [5, 5.41) is 3.24. The van der Waals surface area contributed by atoms with Gasteiger partial charge in [0.05, 0.1) is 18.5 Å². The van der Waals surface area contributed by atoms with E-state index < -0.39 is 0 Å². The maximum atomic E-state index is 13.6. The highest BCUT2D eigenvalue weighted by Crippen LogP contribution is 2.20. The summed E-state index contributed by atoms with van der Waals surface area (Å²) in [5.74, 6) is 0.614. The molecule has 19 heavy (non-hydrogen) atoms. The van der Waals surface area contributed by atoms with Crippen LogP contribution in [0.15, 0.2) is 41.0 Å². The van der Waals surface area contributed by atoms with Gasteiger partial charge in [-0.25, -0.2) is 4.39 Å². The summed E-state index contributed by atoms with van der Waals surface area (Å²) >= 11 is 0. The lowest BCUT2D eigenvalue weighted by Crippen LogP contribution is -2.17. The molecule has 0 amide bonds. The molecule has 0 saturated heterocycles. The third kappa shape index (κ3) is 3.58. The van der Waals surface area contributed by atoms with Gasteiger partial charge in [0.1, 0.15) is 11.6 Å². The Kier molecular flexibility index (Phi) is 4.58. The van der Waals surface area contributed by atoms with Crippen molar-refractivity contribution in [2.75, 3.05) is 18.5 Å². The first-order valence-electron chi connectivity index (χ1n) is 6.43. The second-order valence-corrected chi connectivity index (χ2v) is 4.51. The van der Waals surface area contributed by atoms with E-state index >= 15 is 0 Å². The number of hydrogen-bond acceptors (Lipinski definition) is 3. The smallest absolute Gasteiger partial charge is 0.146 e. The Hall–Kier alpha value is -1.81. The van der Waals surface area contributed by atoms with E-state index in [1.807, 2.05) is 24.1 Å². The molecule has 0 fully saturated rings. The second-order valence-electron chi connectivity index (χ2n) is 4.51. The fourth-order valence-electron chi connectivity index (χ4n) is 1.95. The van der Waals surface area contributed by atoms with E-state index in [2.05, 4.69) is 12.2 Å². The highest BCUT2D eigenvalue weighted by molar-refractivity contribution is 5.46. The van der Waals surface area contributed by atoms with Crippen molar-refractivity contribution in [3.05, 3.63) is 53.7 Å². The van der Waals surface area contributed by atoms with E-state index in [1.54, 1.807) is 18.4 Å². The SMILES string of the molecule is CCNCc1coc(CN(C)c2ccccc2F)c1. The first kappa shape index (κ1) is 13.6. The van der Waals surface area contributed by atoms with Crippen LogP contribution in [0.5, 0.6) is 0 Å². The van der Waals surface area contributed by atoms with Crippen molar-refractivity contribution in [3.8, 4) is 0 Å². The summed E-state index contributed by atoms with van der Waals surface area (Å²) < 4.78 is 19.1. The average molecular weight is 262 g/mol. The number of anilines is 1. The van der Waals surface area contributed by atoms with Crippen molar-refractivity contribution in [1.29, 1.82) is 0 Å². The van der Waals surface area contributed by atoms with Crippen molar-refractivity contribution >= 4 is 5.69 Å². The van der Waals surface area contributed by atoms with Crippen molar-refractivity contribution in [1.82, 2.24) is 5.32 Å². The molecule has 1 aromatic carbocycles. The summed E-state index contributed by atoms with van der Waals surface area (Å²) in [6, 6.07) is 8.74. The lowest BCUT2D eigenvalue weighted by atomic mass is 10.2. The summed E-state index contributed by atoms with van der Waals surface area (Å²) in [6.45, 7) is 4.33. The van der Waals surface area contributed by atoms with Crippen LogP contribution in [0, 0.1) is 5.82 Å². The highest BCUT2D eigenvalue weighted by Gasteiger charge is 2.09. The Labute approximate surface area is 113 Å². The summed E-state index contributed by atoms with van der Waals surface area (Å²) in [7, 11) is 1.85. The normalized spacial score (nSPS) is 10.7. The van der Waals surface area contributed by atoms with E-state index in [0.717, 1.165) is 24.4 Å². The first-order chi connectivity index (χ1) is 9.20. The van der Waals surface area contributed by atoms with Crippen LogP contribution in [0.2, 0.25) is 0 Å². The Morgan fingerprint density at radius 1 is 1.32 bits per heavy atom. The molecular weight excluding hydrogens is 243 g/mol. The Bertz CT molecular complexity index is 524. The summed E-state index contributed by atoms with van der Waals surface area (Å²) in [6.07, 6.45) is 1.74. The van der Waals surface area contributed by atoms with Crippen molar-refractivity contribution in [3.63, 3.8) is 0 Å². The molecule has 1 N–H and O–H groups in total. The van der Waals surface area contributed by atoms with Crippen molar-refractivity contribution in [2.45, 2.75) is 20.0 Å². The Balaban J connectivity index is 2.01. The fourth-order valence-corrected chi connectivity index (χ4v) is 1.95. The molecule has 0 spiro atoms. The third-order valence-corrected chi connectivity index (χ3v) is 2.94. The highest BCUT2D eigenvalue weighted by atomic mass is 19.1. The quantitative estimate of drug-likeness (QED) is 0.866. The topological polar surface area (TPSA) is 28.4 Å². The van der Waals surface area contributed by atoms with E-state index in [-0.39, 0.29) is 5.82 Å². The van der Waals surface area contributed by atoms with Crippen LogP contribution in [0.25, 0.3) is 0 Å². The predicted molar refractivity (Wildman–Crippen MR) is 74.6 cm³/mol. The van der Waals surface area contributed by atoms with Crippen LogP contribution in [0.1, 0.15) is 18.2 Å². The monoisotopic (exact) mass is 262 g/mol. The van der Waals surface area contributed by atoms with Gasteiger partial charge >= 0.3 is 0 Å². The number of nitrogens with one attached hydrogen (secondary N) is 1. The molecule has 0 aliphatic carbocycles. The molecule has 2 aromatic rings. The number of furan rings is 1. The third-order valence-electron chi connectivity index (χ3n) is 2.94. The molecule has 4 heteroatoms. The van der Waals surface area contributed by atoms with Gasteiger partial charge in [-0.15, -0.1) is 0 Å². The molecule has 0 radical (unpaired) electrons. The van der Waals surface area contributed by atoms with E-state index in [1.165, 1.54) is 6.07 Å². The minimum atomic E-state index is -0.218. The molecular formula is C15H19FN2O. The minimum absolute atomic E-state index is 0.218. The molecule has 0 saturated carbocycles. The molecule has 0 atom stereocenters. The molecule has 0 bridgehead atoms. The first-order valence-corrected chi connectivity index (χ1v) is 6.43. The molecule has 3 nitrogen and oxygen atoms in total. The van der Waals surface area contributed by atoms with Crippen LogP contribution in [-0.4, -0.2) is 13.6 Å². The van der Waals surface area contributed by atoms with Crippen LogP contribution in [0.4, 0.5) is 10.1 Å². The second kappa shape index (κ2) is 6.38. The molecule has 0 aliphatic rings. The molecule has 0 unspecified atom stereocenters. The zero-order valence-corrected chi connectivity index (χ0v) is 11.3. The summed E-state index contributed by atoms with van der Waals surface area (Å²) in [5.41, 5.74) is 1.69. The zero-order valence-electron chi connectivity index (χ0n) is 11.3. The average Bonchev–Trinajstić information content (AvgIpc) is 2.84. The van der Waals surface area contributed by atoms with Crippen LogP contribution in [-0.2, 0) is 13.1 Å². The maximum Gasteiger partial charge on any atom is 0.146 e. The number of halogens is 1. The van der Waals surface area contributed by atoms with E-state index in [4.69, 9.17) is 4.42 Å². The van der Waals surface area contributed by atoms with E-state index in [0.29, 0.717) is 12.2 Å². The van der Waals surface area contributed by atoms with Crippen molar-refractivity contribution in [2.24, 2.45) is 0 Å².